The number of amides is 3. The lowest BCUT2D eigenvalue weighted by molar-refractivity contribution is -0.227. The summed E-state index contributed by atoms with van der Waals surface area (Å²) in [6.07, 6.45) is -11.2. The third kappa shape index (κ3) is 6.00. The maximum absolute atomic E-state index is 13.3. The molecule has 0 bridgehead atoms. The molecule has 1 saturated heterocycles. The molecular formula is C25H27F6N7O4. The Morgan fingerprint density at radius 1 is 1.17 bits per heavy atom. The van der Waals surface area contributed by atoms with E-state index in [1.54, 1.807) is 18.2 Å². The molecule has 0 radical (unpaired) electrons. The van der Waals surface area contributed by atoms with Gasteiger partial charge in [-0.15, -0.1) is 0 Å². The Morgan fingerprint density at radius 3 is 2.45 bits per heavy atom. The number of benzene rings is 1. The van der Waals surface area contributed by atoms with Gasteiger partial charge in [0.1, 0.15) is 23.6 Å². The van der Waals surface area contributed by atoms with E-state index >= 15 is 0 Å². The van der Waals surface area contributed by atoms with Gasteiger partial charge in [-0.3, -0.25) is 4.79 Å². The predicted octanol–water partition coefficient (Wildman–Crippen LogP) is 4.49. The number of imidazole rings is 1. The molecule has 5 rings (SSSR count). The summed E-state index contributed by atoms with van der Waals surface area (Å²) < 4.78 is 89.5. The Morgan fingerprint density at radius 2 is 1.88 bits per heavy atom. The molecule has 1 aliphatic carbocycles. The molecule has 5 atom stereocenters. The Balaban J connectivity index is 1.46. The number of carbonyl (C=O) groups is 2. The van der Waals surface area contributed by atoms with E-state index in [1.807, 2.05) is 5.32 Å². The van der Waals surface area contributed by atoms with E-state index in [9.17, 15) is 35.9 Å². The second-order valence-electron chi connectivity index (χ2n) is 10.6. The summed E-state index contributed by atoms with van der Waals surface area (Å²) in [5.41, 5.74) is 1.31. The SMILES string of the molecule is Cc1nonc1C(=O)N[C@H](c1nc2ccc([C@@H](C3CC3)N3C[C@@H](C(F)(F)F)NC3=O)cc2[nH]1)[C@@H](C)O[C@@H](C)C(F)(F)F. The van der Waals surface area contributed by atoms with Crippen LogP contribution >= 0.6 is 0 Å². The number of nitrogens with one attached hydrogen (secondary N) is 3. The lowest BCUT2D eigenvalue weighted by Crippen LogP contribution is -2.41. The van der Waals surface area contributed by atoms with Gasteiger partial charge in [-0.05, 0) is 62.4 Å². The van der Waals surface area contributed by atoms with Crippen molar-refractivity contribution in [2.45, 2.75) is 76.3 Å². The first-order valence-corrected chi connectivity index (χ1v) is 13.1. The zero-order valence-corrected chi connectivity index (χ0v) is 22.5. The molecule has 1 saturated carbocycles. The molecule has 17 heteroatoms. The number of rotatable bonds is 9. The highest BCUT2D eigenvalue weighted by Gasteiger charge is 2.51. The lowest BCUT2D eigenvalue weighted by Gasteiger charge is -2.27. The van der Waals surface area contributed by atoms with E-state index in [0.29, 0.717) is 16.6 Å². The van der Waals surface area contributed by atoms with Crippen LogP contribution in [0.15, 0.2) is 22.8 Å². The van der Waals surface area contributed by atoms with Crippen molar-refractivity contribution in [3.63, 3.8) is 0 Å². The van der Waals surface area contributed by atoms with Crippen molar-refractivity contribution >= 4 is 23.0 Å². The molecule has 2 aliphatic rings. The highest BCUT2D eigenvalue weighted by Crippen LogP contribution is 2.46. The van der Waals surface area contributed by atoms with Crippen LogP contribution < -0.4 is 10.6 Å². The van der Waals surface area contributed by atoms with Gasteiger partial charge in [0.2, 0.25) is 0 Å². The van der Waals surface area contributed by atoms with Gasteiger partial charge in [0.25, 0.3) is 5.91 Å². The number of aromatic nitrogens is 4. The van der Waals surface area contributed by atoms with E-state index in [1.165, 1.54) is 18.7 Å². The van der Waals surface area contributed by atoms with Gasteiger partial charge in [0.15, 0.2) is 11.8 Å². The monoisotopic (exact) mass is 603 g/mol. The van der Waals surface area contributed by atoms with Crippen LogP contribution in [0.4, 0.5) is 31.1 Å². The molecule has 2 aromatic heterocycles. The van der Waals surface area contributed by atoms with Crippen LogP contribution in [0.2, 0.25) is 0 Å². The summed E-state index contributed by atoms with van der Waals surface area (Å²) in [5, 5.41) is 11.6. The average molecular weight is 604 g/mol. The van der Waals surface area contributed by atoms with Crippen LogP contribution in [0.25, 0.3) is 11.0 Å². The van der Waals surface area contributed by atoms with Gasteiger partial charge in [-0.1, -0.05) is 11.2 Å². The van der Waals surface area contributed by atoms with Gasteiger partial charge in [0, 0.05) is 0 Å². The van der Waals surface area contributed by atoms with Crippen molar-refractivity contribution in [3.8, 4) is 0 Å². The number of aromatic amines is 1. The molecule has 228 valence electrons. The first kappa shape index (κ1) is 29.6. The number of halogens is 6. The zero-order chi connectivity index (χ0) is 30.6. The summed E-state index contributed by atoms with van der Waals surface area (Å²) in [6.45, 7) is 3.10. The van der Waals surface area contributed by atoms with E-state index in [4.69, 9.17) is 4.74 Å². The molecule has 0 spiro atoms. The van der Waals surface area contributed by atoms with E-state index in [0.717, 1.165) is 19.8 Å². The Labute approximate surface area is 234 Å². The molecule has 1 aliphatic heterocycles. The number of carbonyl (C=O) groups excluding carboxylic acids is 2. The molecule has 1 aromatic carbocycles. The summed E-state index contributed by atoms with van der Waals surface area (Å²) >= 11 is 0. The highest BCUT2D eigenvalue weighted by molar-refractivity contribution is 5.93. The second-order valence-corrected chi connectivity index (χ2v) is 10.6. The predicted molar refractivity (Wildman–Crippen MR) is 132 cm³/mol. The number of urea groups is 1. The van der Waals surface area contributed by atoms with Gasteiger partial charge in [-0.25, -0.2) is 14.4 Å². The van der Waals surface area contributed by atoms with Crippen molar-refractivity contribution in [1.29, 1.82) is 0 Å². The van der Waals surface area contributed by atoms with Gasteiger partial charge in [0.05, 0.1) is 29.7 Å². The van der Waals surface area contributed by atoms with Crippen molar-refractivity contribution in [3.05, 3.63) is 41.0 Å². The summed E-state index contributed by atoms with van der Waals surface area (Å²) in [4.78, 5) is 34.1. The summed E-state index contributed by atoms with van der Waals surface area (Å²) in [6, 6.07) is 0.230. The molecule has 42 heavy (non-hydrogen) atoms. The minimum absolute atomic E-state index is 0.0359. The smallest absolute Gasteiger partial charge is 0.364 e. The molecule has 0 unspecified atom stereocenters. The normalized spacial score (nSPS) is 20.8. The van der Waals surface area contributed by atoms with Gasteiger partial charge in [-0.2, -0.15) is 26.3 Å². The lowest BCUT2D eigenvalue weighted by atomic mass is 10.00. The first-order valence-electron chi connectivity index (χ1n) is 13.1. The number of H-pyrrole nitrogens is 1. The van der Waals surface area contributed by atoms with E-state index in [-0.39, 0.29) is 23.1 Å². The number of alkyl halides is 6. The van der Waals surface area contributed by atoms with Gasteiger partial charge >= 0.3 is 18.4 Å². The standard InChI is InChI=1S/C25H27F6N7O4/c1-10-18(37-42-36-10)22(39)35-19(11(2)41-12(3)24(26,27)28)21-32-15-7-6-14(8-16(15)33-21)20(13-4-5-13)38-9-17(25(29,30)31)34-23(38)40/h6-8,11-13,17,19-20H,4-5,9H2,1-3H3,(H,32,33)(H,34,40)(H,35,39)/t11-,12+,17+,19+,20-/m1/s1. The minimum Gasteiger partial charge on any atom is -0.364 e. The average Bonchev–Trinajstić information content (AvgIpc) is 3.28. The molecule has 3 amide bonds. The van der Waals surface area contributed by atoms with Crippen LogP contribution in [0.1, 0.15) is 66.3 Å². The second kappa shape index (κ2) is 10.7. The Bertz CT molecular complexity index is 1470. The van der Waals surface area contributed by atoms with Crippen molar-refractivity contribution in [1.82, 2.24) is 35.8 Å². The zero-order valence-electron chi connectivity index (χ0n) is 22.5. The third-order valence-electron chi connectivity index (χ3n) is 7.40. The maximum atomic E-state index is 13.3. The minimum atomic E-state index is -4.66. The van der Waals surface area contributed by atoms with Crippen LogP contribution in [0.5, 0.6) is 0 Å². The van der Waals surface area contributed by atoms with E-state index < -0.39 is 61.2 Å². The Kier molecular flexibility index (Phi) is 7.57. The molecule has 3 N–H and O–H groups in total. The molecule has 3 aromatic rings. The molecule has 11 nitrogen and oxygen atoms in total. The summed E-state index contributed by atoms with van der Waals surface area (Å²) in [7, 11) is 0. The van der Waals surface area contributed by atoms with Crippen LogP contribution in [-0.4, -0.2) is 74.3 Å². The van der Waals surface area contributed by atoms with Crippen molar-refractivity contribution in [2.75, 3.05) is 6.54 Å². The molecule has 2 fully saturated rings. The number of hydrogen-bond donors (Lipinski definition) is 3. The number of hydrogen-bond acceptors (Lipinski definition) is 7. The number of fused-ring (bicyclic) bond motifs is 1. The molecular weight excluding hydrogens is 576 g/mol. The number of aryl methyl sites for hydroxylation is 1. The number of ether oxygens (including phenoxy) is 1. The van der Waals surface area contributed by atoms with Crippen molar-refractivity contribution < 1.29 is 45.3 Å². The highest BCUT2D eigenvalue weighted by atomic mass is 19.4. The Hall–Kier alpha value is -3.89. The van der Waals surface area contributed by atoms with Crippen LogP contribution in [0.3, 0.4) is 0 Å². The maximum Gasteiger partial charge on any atom is 0.414 e. The van der Waals surface area contributed by atoms with Gasteiger partial charge < -0.3 is 25.3 Å². The molecule has 3 heterocycles. The fourth-order valence-electron chi connectivity index (χ4n) is 5.01. The fourth-order valence-corrected chi connectivity index (χ4v) is 5.01. The quantitative estimate of drug-likeness (QED) is 0.307. The topological polar surface area (TPSA) is 138 Å². The largest absolute Gasteiger partial charge is 0.414 e. The first-order chi connectivity index (χ1) is 19.6. The third-order valence-corrected chi connectivity index (χ3v) is 7.40. The van der Waals surface area contributed by atoms with E-state index in [2.05, 4.69) is 30.2 Å². The van der Waals surface area contributed by atoms with Crippen molar-refractivity contribution in [2.24, 2.45) is 5.92 Å². The van der Waals surface area contributed by atoms with Crippen LogP contribution in [-0.2, 0) is 4.74 Å². The van der Waals surface area contributed by atoms with Crippen LogP contribution in [0, 0.1) is 12.8 Å². The fraction of sp³-hybridized carbons (Fsp3) is 0.560. The number of nitrogens with zero attached hydrogens (tertiary/aromatic N) is 4. The summed E-state index contributed by atoms with van der Waals surface area (Å²) in [5.74, 6) is -0.764.